The standard InChI is InChI=1S/C14H19NO3/c1-10-8-13(16)12(14(17)18)9-15(10)11-6-4-2-3-5-7-11/h8-9,11H,2-7H2,1H3,(H,17,18). The molecule has 1 aromatic heterocycles. The first-order chi connectivity index (χ1) is 8.59. The van der Waals surface area contributed by atoms with Crippen LogP contribution in [0.4, 0.5) is 0 Å². The van der Waals surface area contributed by atoms with Gasteiger partial charge in [0.25, 0.3) is 0 Å². The van der Waals surface area contributed by atoms with Crippen molar-refractivity contribution >= 4 is 5.97 Å². The van der Waals surface area contributed by atoms with Crippen molar-refractivity contribution in [1.29, 1.82) is 0 Å². The molecular weight excluding hydrogens is 230 g/mol. The molecule has 1 aliphatic rings. The van der Waals surface area contributed by atoms with Gasteiger partial charge in [-0.15, -0.1) is 0 Å². The van der Waals surface area contributed by atoms with Crippen molar-refractivity contribution in [3.63, 3.8) is 0 Å². The van der Waals surface area contributed by atoms with Gasteiger partial charge in [0.15, 0.2) is 5.43 Å². The molecule has 1 fully saturated rings. The van der Waals surface area contributed by atoms with Crippen LogP contribution in [0.5, 0.6) is 0 Å². The van der Waals surface area contributed by atoms with E-state index in [0.717, 1.165) is 18.5 Å². The molecule has 1 aromatic rings. The van der Waals surface area contributed by atoms with Gasteiger partial charge in [-0.3, -0.25) is 4.79 Å². The summed E-state index contributed by atoms with van der Waals surface area (Å²) >= 11 is 0. The minimum absolute atomic E-state index is 0.121. The van der Waals surface area contributed by atoms with E-state index in [0.29, 0.717) is 6.04 Å². The van der Waals surface area contributed by atoms with Crippen molar-refractivity contribution in [2.45, 2.75) is 51.5 Å². The molecule has 0 spiro atoms. The van der Waals surface area contributed by atoms with E-state index in [1.807, 2.05) is 11.5 Å². The van der Waals surface area contributed by atoms with Crippen LogP contribution in [-0.4, -0.2) is 15.6 Å². The topological polar surface area (TPSA) is 59.3 Å². The van der Waals surface area contributed by atoms with Gasteiger partial charge < -0.3 is 9.67 Å². The smallest absolute Gasteiger partial charge is 0.341 e. The van der Waals surface area contributed by atoms with Gasteiger partial charge >= 0.3 is 5.97 Å². The highest BCUT2D eigenvalue weighted by molar-refractivity contribution is 5.87. The fourth-order valence-electron chi connectivity index (χ4n) is 2.74. The first-order valence-electron chi connectivity index (χ1n) is 6.55. The van der Waals surface area contributed by atoms with Gasteiger partial charge in [-0.1, -0.05) is 25.7 Å². The maximum atomic E-state index is 11.6. The molecule has 0 amide bonds. The fourth-order valence-corrected chi connectivity index (χ4v) is 2.74. The Morgan fingerprint density at radius 2 is 1.89 bits per heavy atom. The average Bonchev–Trinajstić information content (AvgIpc) is 2.57. The lowest BCUT2D eigenvalue weighted by atomic mass is 10.1. The minimum Gasteiger partial charge on any atom is -0.477 e. The molecule has 98 valence electrons. The van der Waals surface area contributed by atoms with Crippen molar-refractivity contribution < 1.29 is 9.90 Å². The van der Waals surface area contributed by atoms with E-state index in [2.05, 4.69) is 0 Å². The number of carbonyl (C=O) groups is 1. The average molecular weight is 249 g/mol. The zero-order valence-corrected chi connectivity index (χ0v) is 10.7. The molecule has 1 aliphatic carbocycles. The molecule has 4 nitrogen and oxygen atoms in total. The van der Waals surface area contributed by atoms with Crippen LogP contribution in [0.15, 0.2) is 17.1 Å². The second kappa shape index (κ2) is 5.38. The van der Waals surface area contributed by atoms with Crippen LogP contribution in [0.3, 0.4) is 0 Å². The molecule has 0 bridgehead atoms. The lowest BCUT2D eigenvalue weighted by Crippen LogP contribution is -2.21. The van der Waals surface area contributed by atoms with Crippen molar-refractivity contribution in [2.75, 3.05) is 0 Å². The Balaban J connectivity index is 2.39. The summed E-state index contributed by atoms with van der Waals surface area (Å²) in [6.07, 6.45) is 8.53. The molecule has 0 radical (unpaired) electrons. The summed E-state index contributed by atoms with van der Waals surface area (Å²) in [4.78, 5) is 22.6. The van der Waals surface area contributed by atoms with E-state index in [-0.39, 0.29) is 5.56 Å². The summed E-state index contributed by atoms with van der Waals surface area (Å²) in [5.74, 6) is -1.14. The summed E-state index contributed by atoms with van der Waals surface area (Å²) in [5, 5.41) is 9.02. The molecule has 1 saturated carbocycles. The second-order valence-electron chi connectivity index (χ2n) is 5.05. The first-order valence-corrected chi connectivity index (χ1v) is 6.55. The molecule has 18 heavy (non-hydrogen) atoms. The zero-order chi connectivity index (χ0) is 13.1. The van der Waals surface area contributed by atoms with Crippen LogP contribution in [0, 0.1) is 6.92 Å². The largest absolute Gasteiger partial charge is 0.477 e. The highest BCUT2D eigenvalue weighted by atomic mass is 16.4. The van der Waals surface area contributed by atoms with Crippen LogP contribution in [0.2, 0.25) is 0 Å². The van der Waals surface area contributed by atoms with Crippen molar-refractivity contribution in [1.82, 2.24) is 4.57 Å². The van der Waals surface area contributed by atoms with E-state index >= 15 is 0 Å². The monoisotopic (exact) mass is 249 g/mol. The Hall–Kier alpha value is -1.58. The number of hydrogen-bond donors (Lipinski definition) is 1. The van der Waals surface area contributed by atoms with Crippen LogP contribution in [0.1, 0.15) is 60.6 Å². The Morgan fingerprint density at radius 1 is 1.28 bits per heavy atom. The van der Waals surface area contributed by atoms with Crippen LogP contribution < -0.4 is 5.43 Å². The number of hydrogen-bond acceptors (Lipinski definition) is 2. The van der Waals surface area contributed by atoms with Crippen LogP contribution >= 0.6 is 0 Å². The number of aryl methyl sites for hydroxylation is 1. The summed E-state index contributed by atoms with van der Waals surface area (Å²) in [6, 6.07) is 1.78. The summed E-state index contributed by atoms with van der Waals surface area (Å²) in [6.45, 7) is 1.87. The number of carboxylic acids is 1. The summed E-state index contributed by atoms with van der Waals surface area (Å²) in [7, 11) is 0. The van der Waals surface area contributed by atoms with Crippen LogP contribution in [0.25, 0.3) is 0 Å². The molecule has 2 rings (SSSR count). The lowest BCUT2D eigenvalue weighted by Gasteiger charge is -2.21. The second-order valence-corrected chi connectivity index (χ2v) is 5.05. The third kappa shape index (κ3) is 2.63. The maximum absolute atomic E-state index is 11.6. The van der Waals surface area contributed by atoms with Gasteiger partial charge in [0.1, 0.15) is 5.56 Å². The molecule has 0 aromatic carbocycles. The molecule has 1 N–H and O–H groups in total. The third-order valence-corrected chi connectivity index (χ3v) is 3.73. The minimum atomic E-state index is -1.14. The van der Waals surface area contributed by atoms with Crippen molar-refractivity contribution in [3.8, 4) is 0 Å². The molecule has 0 atom stereocenters. The van der Waals surface area contributed by atoms with Gasteiger partial charge in [-0.2, -0.15) is 0 Å². The number of aromatic nitrogens is 1. The van der Waals surface area contributed by atoms with Gasteiger partial charge in [0.2, 0.25) is 0 Å². The van der Waals surface area contributed by atoms with Crippen molar-refractivity contribution in [2.24, 2.45) is 0 Å². The predicted molar refractivity (Wildman–Crippen MR) is 69.1 cm³/mol. The van der Waals surface area contributed by atoms with E-state index in [9.17, 15) is 9.59 Å². The number of pyridine rings is 1. The van der Waals surface area contributed by atoms with Gasteiger partial charge in [-0.05, 0) is 19.8 Å². The summed E-state index contributed by atoms with van der Waals surface area (Å²) in [5.41, 5.74) is 0.339. The Labute approximate surface area is 106 Å². The van der Waals surface area contributed by atoms with Crippen LogP contribution in [-0.2, 0) is 0 Å². The molecular formula is C14H19NO3. The predicted octanol–water partition coefficient (Wildman–Crippen LogP) is 2.75. The van der Waals surface area contributed by atoms with E-state index < -0.39 is 11.4 Å². The first kappa shape index (κ1) is 12.9. The third-order valence-electron chi connectivity index (χ3n) is 3.73. The quantitative estimate of drug-likeness (QED) is 0.820. The number of carboxylic acid groups (broad SMARTS) is 1. The normalized spacial score (nSPS) is 17.4. The lowest BCUT2D eigenvalue weighted by molar-refractivity contribution is 0.0694. The van der Waals surface area contributed by atoms with E-state index in [1.165, 1.54) is 37.9 Å². The van der Waals surface area contributed by atoms with Crippen molar-refractivity contribution in [3.05, 3.63) is 33.7 Å². The number of nitrogens with zero attached hydrogens (tertiary/aromatic N) is 1. The maximum Gasteiger partial charge on any atom is 0.341 e. The highest BCUT2D eigenvalue weighted by Gasteiger charge is 2.17. The van der Waals surface area contributed by atoms with Gasteiger partial charge in [0.05, 0.1) is 0 Å². The number of aromatic carboxylic acids is 1. The highest BCUT2D eigenvalue weighted by Crippen LogP contribution is 2.27. The van der Waals surface area contributed by atoms with E-state index in [1.54, 1.807) is 0 Å². The zero-order valence-electron chi connectivity index (χ0n) is 10.7. The Kier molecular flexibility index (Phi) is 3.84. The molecule has 1 heterocycles. The summed E-state index contributed by atoms with van der Waals surface area (Å²) < 4.78 is 1.98. The number of rotatable bonds is 2. The van der Waals surface area contributed by atoms with Gasteiger partial charge in [0, 0.05) is 24.0 Å². The molecule has 0 unspecified atom stereocenters. The SMILES string of the molecule is Cc1cc(=O)c(C(=O)O)cn1C1CCCCCC1. The fraction of sp³-hybridized carbons (Fsp3) is 0.571. The molecule has 0 aliphatic heterocycles. The van der Waals surface area contributed by atoms with E-state index in [4.69, 9.17) is 5.11 Å². The Morgan fingerprint density at radius 3 is 2.44 bits per heavy atom. The molecule has 4 heteroatoms. The Bertz CT molecular complexity index is 496. The van der Waals surface area contributed by atoms with Gasteiger partial charge in [-0.25, -0.2) is 4.79 Å². The molecule has 0 saturated heterocycles.